The average Bonchev–Trinajstić information content (AvgIpc) is 3.39. The standard InChI is InChI=1S/C17H16N2O.C12H13Cl6N3O/c1-19(2)14-10-7-13(8-11-14)9-12-17-18-15-5-3-4-6-16(15)20-17;1-22-10-4-2-9(3-5-10)19-6-20(11(13,14)15)8-21(7-19)12(16,17)18/h3-12H,1-2H3;2-5H,6-8H2,1H3. The van der Waals surface area contributed by atoms with E-state index in [4.69, 9.17) is 78.8 Å². The zero-order valence-corrected chi connectivity index (χ0v) is 27.6. The van der Waals surface area contributed by atoms with Gasteiger partial charge in [-0.15, -0.1) is 0 Å². The molecule has 42 heavy (non-hydrogen) atoms. The monoisotopic (exact) mass is 689 g/mol. The highest BCUT2D eigenvalue weighted by Crippen LogP contribution is 2.39. The van der Waals surface area contributed by atoms with Crippen LogP contribution in [0.25, 0.3) is 23.3 Å². The molecule has 7 nitrogen and oxygen atoms in total. The molecule has 1 fully saturated rings. The van der Waals surface area contributed by atoms with Gasteiger partial charge in [-0.25, -0.2) is 14.8 Å². The fourth-order valence-electron chi connectivity index (χ4n) is 4.04. The summed E-state index contributed by atoms with van der Waals surface area (Å²) >= 11 is 35.9. The number of oxazole rings is 1. The summed E-state index contributed by atoms with van der Waals surface area (Å²) in [6.45, 7) is 0.958. The number of fused-ring (bicyclic) bond motifs is 1. The van der Waals surface area contributed by atoms with Crippen LogP contribution in [0.1, 0.15) is 11.5 Å². The topological polar surface area (TPSA) is 48.2 Å². The Morgan fingerprint density at radius 3 is 1.90 bits per heavy atom. The van der Waals surface area contributed by atoms with Crippen molar-refractivity contribution in [1.29, 1.82) is 0 Å². The van der Waals surface area contributed by atoms with E-state index in [0.717, 1.165) is 28.1 Å². The number of hydrogen-bond acceptors (Lipinski definition) is 7. The normalized spacial score (nSPS) is 15.1. The highest BCUT2D eigenvalue weighted by molar-refractivity contribution is 6.67. The quantitative estimate of drug-likeness (QED) is 0.153. The van der Waals surface area contributed by atoms with Crippen LogP contribution in [-0.2, 0) is 0 Å². The van der Waals surface area contributed by atoms with Gasteiger partial charge in [-0.05, 0) is 60.2 Å². The Bertz CT molecular complexity index is 1410. The van der Waals surface area contributed by atoms with Gasteiger partial charge in [0.15, 0.2) is 5.58 Å². The van der Waals surface area contributed by atoms with Crippen molar-refractivity contribution in [3.8, 4) is 5.75 Å². The molecule has 0 atom stereocenters. The molecule has 224 valence electrons. The van der Waals surface area contributed by atoms with Crippen molar-refractivity contribution >= 4 is 104 Å². The van der Waals surface area contributed by atoms with Gasteiger partial charge in [0.1, 0.15) is 11.3 Å². The molecular formula is C29H29Cl6N5O2. The summed E-state index contributed by atoms with van der Waals surface area (Å²) in [5, 5.41) is 0. The molecule has 1 aliphatic rings. The second-order valence-electron chi connectivity index (χ2n) is 9.52. The van der Waals surface area contributed by atoms with Crippen molar-refractivity contribution < 1.29 is 9.15 Å². The van der Waals surface area contributed by atoms with Gasteiger partial charge in [0.25, 0.3) is 0 Å². The zero-order chi connectivity index (χ0) is 30.5. The van der Waals surface area contributed by atoms with Crippen molar-refractivity contribution in [1.82, 2.24) is 14.8 Å². The summed E-state index contributed by atoms with van der Waals surface area (Å²) in [6, 6.07) is 23.6. The van der Waals surface area contributed by atoms with Crippen LogP contribution >= 0.6 is 69.6 Å². The van der Waals surface area contributed by atoms with Gasteiger partial charge in [-0.1, -0.05) is 93.9 Å². The summed E-state index contributed by atoms with van der Waals surface area (Å²) in [5.41, 5.74) is 4.89. The lowest BCUT2D eigenvalue weighted by molar-refractivity contribution is 0.0831. The van der Waals surface area contributed by atoms with Crippen LogP contribution in [0, 0.1) is 0 Å². The molecule has 0 radical (unpaired) electrons. The maximum atomic E-state index is 5.98. The Morgan fingerprint density at radius 2 is 1.38 bits per heavy atom. The number of para-hydroxylation sites is 2. The zero-order valence-electron chi connectivity index (χ0n) is 23.0. The predicted octanol–water partition coefficient (Wildman–Crippen LogP) is 8.71. The number of nitrogens with zero attached hydrogens (tertiary/aromatic N) is 5. The van der Waals surface area contributed by atoms with Gasteiger partial charge in [-0.2, -0.15) is 0 Å². The van der Waals surface area contributed by atoms with Crippen LogP contribution in [0.5, 0.6) is 5.75 Å². The maximum Gasteiger partial charge on any atom is 0.250 e. The maximum absolute atomic E-state index is 5.98. The fraction of sp³-hybridized carbons (Fsp3) is 0.276. The third-order valence-electron chi connectivity index (χ3n) is 6.32. The highest BCUT2D eigenvalue weighted by atomic mass is 35.6. The first-order valence-corrected chi connectivity index (χ1v) is 14.9. The van der Waals surface area contributed by atoms with Gasteiger partial charge in [0.05, 0.1) is 27.1 Å². The molecule has 13 heteroatoms. The Balaban J connectivity index is 0.000000193. The summed E-state index contributed by atoms with van der Waals surface area (Å²) in [7, 11) is 5.66. The Hall–Kier alpha value is -2.07. The van der Waals surface area contributed by atoms with Gasteiger partial charge >= 0.3 is 0 Å². The molecule has 1 saturated heterocycles. The second kappa shape index (κ2) is 14.1. The number of anilines is 2. The van der Waals surface area contributed by atoms with Crippen molar-refractivity contribution in [2.75, 3.05) is 51.0 Å². The first-order chi connectivity index (χ1) is 19.8. The first-order valence-electron chi connectivity index (χ1n) is 12.7. The molecule has 4 aromatic rings. The third kappa shape index (κ3) is 8.97. The summed E-state index contributed by atoms with van der Waals surface area (Å²) < 4.78 is 7.56. The summed E-state index contributed by atoms with van der Waals surface area (Å²) in [6.07, 6.45) is 3.90. The van der Waals surface area contributed by atoms with Crippen molar-refractivity contribution in [3.05, 3.63) is 84.3 Å². The van der Waals surface area contributed by atoms with Crippen LogP contribution < -0.4 is 14.5 Å². The van der Waals surface area contributed by atoms with E-state index in [1.807, 2.05) is 79.7 Å². The molecule has 0 amide bonds. The number of halogens is 6. The largest absolute Gasteiger partial charge is 0.497 e. The van der Waals surface area contributed by atoms with Crippen LogP contribution in [0.4, 0.5) is 11.4 Å². The molecule has 0 spiro atoms. The summed E-state index contributed by atoms with van der Waals surface area (Å²) in [4.78, 5) is 11.5. The third-order valence-corrected chi connectivity index (χ3v) is 7.75. The number of ether oxygens (including phenoxy) is 1. The average molecular weight is 692 g/mol. The number of alkyl halides is 6. The molecular weight excluding hydrogens is 663 g/mol. The summed E-state index contributed by atoms with van der Waals surface area (Å²) in [5.74, 6) is 1.38. The SMILES string of the molecule is CN(C)c1ccc(C=Cc2nc3ccccc3o2)cc1.COc1ccc(N2CN(C(Cl)(Cl)Cl)CN(C(Cl)(Cl)Cl)C2)cc1. The molecule has 0 N–H and O–H groups in total. The van der Waals surface area contributed by atoms with E-state index in [9.17, 15) is 0 Å². The van der Waals surface area contributed by atoms with E-state index >= 15 is 0 Å². The molecule has 0 aliphatic carbocycles. The molecule has 2 heterocycles. The minimum Gasteiger partial charge on any atom is -0.497 e. The van der Waals surface area contributed by atoms with Crippen LogP contribution in [0.3, 0.4) is 0 Å². The lowest BCUT2D eigenvalue weighted by Gasteiger charge is -2.47. The van der Waals surface area contributed by atoms with Gasteiger partial charge < -0.3 is 19.0 Å². The number of methoxy groups -OCH3 is 1. The lowest BCUT2D eigenvalue weighted by atomic mass is 10.2. The number of rotatable bonds is 5. The molecule has 1 aromatic heterocycles. The Labute approximate surface area is 275 Å². The minimum absolute atomic E-state index is 0.208. The minimum atomic E-state index is -1.61. The van der Waals surface area contributed by atoms with Crippen molar-refractivity contribution in [2.24, 2.45) is 0 Å². The van der Waals surface area contributed by atoms with Crippen molar-refractivity contribution in [3.63, 3.8) is 0 Å². The van der Waals surface area contributed by atoms with Gasteiger partial charge in [0.2, 0.25) is 13.7 Å². The highest BCUT2D eigenvalue weighted by Gasteiger charge is 2.42. The molecule has 3 aromatic carbocycles. The smallest absolute Gasteiger partial charge is 0.250 e. The number of benzene rings is 3. The van der Waals surface area contributed by atoms with Crippen LogP contribution in [0.2, 0.25) is 0 Å². The number of hydrogen-bond donors (Lipinski definition) is 0. The van der Waals surface area contributed by atoms with E-state index in [-0.39, 0.29) is 6.67 Å². The molecule has 5 rings (SSSR count). The molecule has 0 saturated carbocycles. The Morgan fingerprint density at radius 1 is 0.786 bits per heavy atom. The molecule has 1 aliphatic heterocycles. The second-order valence-corrected chi connectivity index (χ2v) is 14.0. The van der Waals surface area contributed by atoms with Gasteiger partial charge in [0, 0.05) is 31.5 Å². The van der Waals surface area contributed by atoms with Crippen LogP contribution in [0.15, 0.2) is 77.2 Å². The van der Waals surface area contributed by atoms with Crippen LogP contribution in [-0.4, -0.2) is 63.8 Å². The van der Waals surface area contributed by atoms with E-state index < -0.39 is 7.83 Å². The van der Waals surface area contributed by atoms with E-state index in [0.29, 0.717) is 19.2 Å². The first kappa shape index (κ1) is 32.8. The van der Waals surface area contributed by atoms with E-state index in [1.165, 1.54) is 5.69 Å². The fourth-order valence-corrected chi connectivity index (χ4v) is 4.68. The predicted molar refractivity (Wildman–Crippen MR) is 178 cm³/mol. The Kier molecular flexibility index (Phi) is 11.1. The van der Waals surface area contributed by atoms with Gasteiger partial charge in [-0.3, -0.25) is 0 Å². The van der Waals surface area contributed by atoms with Crippen molar-refractivity contribution in [2.45, 2.75) is 7.83 Å². The van der Waals surface area contributed by atoms with E-state index in [2.05, 4.69) is 34.1 Å². The molecule has 0 unspecified atom stereocenters. The molecule has 0 bridgehead atoms. The van der Waals surface area contributed by atoms with E-state index in [1.54, 1.807) is 16.9 Å². The lowest BCUT2D eigenvalue weighted by Crippen LogP contribution is -2.61. The number of aromatic nitrogens is 1.